The van der Waals surface area contributed by atoms with Gasteiger partial charge < -0.3 is 0 Å². The third kappa shape index (κ3) is 8.24. The minimum absolute atomic E-state index is 0.836. The number of rotatable bonds is 7. The third-order valence-electron chi connectivity index (χ3n) is 1.76. The van der Waals surface area contributed by atoms with Crippen molar-refractivity contribution in [3.63, 3.8) is 0 Å². The first kappa shape index (κ1) is 12.1. The lowest BCUT2D eigenvalue weighted by Crippen LogP contribution is -1.77. The topological polar surface area (TPSA) is 17.1 Å². The number of carbonyl (C=O) groups is 1. The number of hydrogen-bond acceptors (Lipinski definition) is 1. The van der Waals surface area contributed by atoms with Gasteiger partial charge in [-0.05, 0) is 35.4 Å². The van der Waals surface area contributed by atoms with Crippen LogP contribution in [0.15, 0.2) is 9.66 Å². The van der Waals surface area contributed by atoms with Crippen molar-refractivity contribution < 1.29 is 4.79 Å². The Morgan fingerprint density at radius 3 is 2.50 bits per heavy atom. The monoisotopic (exact) mass is 280 g/mol. The Hall–Kier alpha value is 0.140. The number of hydrogen-bond donors (Lipinski definition) is 0. The molecule has 0 aliphatic heterocycles. The van der Waals surface area contributed by atoms with E-state index in [0.29, 0.717) is 0 Å². The first-order valence-corrected chi connectivity index (χ1v) is 5.70. The fourth-order valence-electron chi connectivity index (χ4n) is 1.04. The molecule has 0 atom stereocenters. The van der Waals surface area contributed by atoms with Gasteiger partial charge >= 0.3 is 0 Å². The van der Waals surface area contributed by atoms with Crippen molar-refractivity contribution in [2.24, 2.45) is 0 Å². The quantitative estimate of drug-likeness (QED) is 0.299. The SMILES string of the molecule is CCCCCCC/C=C(/I)C=O. The molecule has 0 aromatic rings. The highest BCUT2D eigenvalue weighted by molar-refractivity contribution is 14.1. The van der Waals surface area contributed by atoms with Crippen LogP contribution in [0.1, 0.15) is 45.4 Å². The van der Waals surface area contributed by atoms with Gasteiger partial charge in [-0.25, -0.2) is 0 Å². The molecule has 0 fully saturated rings. The Morgan fingerprint density at radius 1 is 1.25 bits per heavy atom. The predicted molar refractivity (Wildman–Crippen MR) is 61.5 cm³/mol. The molecular formula is C10H17IO. The molecule has 2 heteroatoms. The molecule has 0 N–H and O–H groups in total. The smallest absolute Gasteiger partial charge is 0.155 e. The fourth-order valence-corrected chi connectivity index (χ4v) is 1.35. The molecule has 0 aliphatic carbocycles. The summed E-state index contributed by atoms with van der Waals surface area (Å²) in [5, 5.41) is 0. The zero-order valence-electron chi connectivity index (χ0n) is 7.68. The lowest BCUT2D eigenvalue weighted by atomic mass is 10.1. The number of halogens is 1. The molecule has 0 amide bonds. The van der Waals surface area contributed by atoms with Crippen LogP contribution >= 0.6 is 22.6 Å². The van der Waals surface area contributed by atoms with Gasteiger partial charge in [-0.3, -0.25) is 4.79 Å². The van der Waals surface area contributed by atoms with Gasteiger partial charge in [-0.15, -0.1) is 0 Å². The molecule has 70 valence electrons. The lowest BCUT2D eigenvalue weighted by molar-refractivity contribution is -0.104. The number of unbranched alkanes of at least 4 members (excludes halogenated alkanes) is 5. The summed E-state index contributed by atoms with van der Waals surface area (Å²) in [5.41, 5.74) is 0. The molecule has 0 aromatic heterocycles. The molecule has 12 heavy (non-hydrogen) atoms. The molecule has 0 radical (unpaired) electrons. The maximum atomic E-state index is 10.2. The molecular weight excluding hydrogens is 263 g/mol. The van der Waals surface area contributed by atoms with Gasteiger partial charge in [0.15, 0.2) is 6.29 Å². The van der Waals surface area contributed by atoms with E-state index in [1.165, 1.54) is 32.1 Å². The van der Waals surface area contributed by atoms with E-state index in [9.17, 15) is 4.79 Å². The number of aldehydes is 1. The molecule has 0 heterocycles. The zero-order chi connectivity index (χ0) is 9.23. The molecule has 0 aromatic carbocycles. The Balaban J connectivity index is 3.15. The summed E-state index contributed by atoms with van der Waals surface area (Å²) in [5.74, 6) is 0. The van der Waals surface area contributed by atoms with E-state index in [0.717, 1.165) is 16.3 Å². The predicted octanol–water partition coefficient (Wildman–Crippen LogP) is 3.86. The Kier molecular flexibility index (Phi) is 9.34. The first-order chi connectivity index (χ1) is 5.81. The maximum absolute atomic E-state index is 10.2. The van der Waals surface area contributed by atoms with Crippen LogP contribution in [0.3, 0.4) is 0 Å². The van der Waals surface area contributed by atoms with Crippen molar-refractivity contribution in [3.8, 4) is 0 Å². The summed E-state index contributed by atoms with van der Waals surface area (Å²) in [7, 11) is 0. The summed E-state index contributed by atoms with van der Waals surface area (Å²) in [4.78, 5) is 10.2. The van der Waals surface area contributed by atoms with Gasteiger partial charge in [0, 0.05) is 3.58 Å². The van der Waals surface area contributed by atoms with Crippen LogP contribution in [-0.2, 0) is 4.79 Å². The third-order valence-corrected chi connectivity index (χ3v) is 2.45. The van der Waals surface area contributed by atoms with Gasteiger partial charge in [0.05, 0.1) is 0 Å². The van der Waals surface area contributed by atoms with Crippen LogP contribution in [0.5, 0.6) is 0 Å². The lowest BCUT2D eigenvalue weighted by Gasteiger charge is -1.95. The zero-order valence-corrected chi connectivity index (χ0v) is 9.84. The summed E-state index contributed by atoms with van der Waals surface area (Å²) < 4.78 is 0.836. The molecule has 0 rings (SSSR count). The Bertz CT molecular complexity index is 141. The summed E-state index contributed by atoms with van der Waals surface area (Å²) >= 11 is 2.07. The Morgan fingerprint density at radius 2 is 1.92 bits per heavy atom. The van der Waals surface area contributed by atoms with Crippen LogP contribution in [0.25, 0.3) is 0 Å². The van der Waals surface area contributed by atoms with Crippen molar-refractivity contribution in [2.75, 3.05) is 0 Å². The van der Waals surface area contributed by atoms with Crippen LogP contribution in [0.4, 0.5) is 0 Å². The minimum Gasteiger partial charge on any atom is -0.297 e. The molecule has 1 nitrogen and oxygen atoms in total. The van der Waals surface area contributed by atoms with Crippen LogP contribution in [-0.4, -0.2) is 6.29 Å². The van der Waals surface area contributed by atoms with Crippen molar-refractivity contribution >= 4 is 28.9 Å². The van der Waals surface area contributed by atoms with Gasteiger partial charge in [0.25, 0.3) is 0 Å². The van der Waals surface area contributed by atoms with E-state index >= 15 is 0 Å². The van der Waals surface area contributed by atoms with Crippen molar-refractivity contribution in [1.29, 1.82) is 0 Å². The van der Waals surface area contributed by atoms with E-state index in [-0.39, 0.29) is 0 Å². The van der Waals surface area contributed by atoms with Gasteiger partial charge in [-0.1, -0.05) is 38.7 Å². The molecule has 0 aliphatic rings. The second kappa shape index (κ2) is 9.23. The number of carbonyl (C=O) groups excluding carboxylic acids is 1. The molecule has 0 unspecified atom stereocenters. The molecule has 0 saturated heterocycles. The maximum Gasteiger partial charge on any atom is 0.155 e. The van der Waals surface area contributed by atoms with Crippen LogP contribution < -0.4 is 0 Å². The molecule has 0 spiro atoms. The van der Waals surface area contributed by atoms with Crippen LogP contribution in [0.2, 0.25) is 0 Å². The van der Waals surface area contributed by atoms with Gasteiger partial charge in [-0.2, -0.15) is 0 Å². The van der Waals surface area contributed by atoms with E-state index in [1.807, 2.05) is 6.08 Å². The van der Waals surface area contributed by atoms with E-state index in [2.05, 4.69) is 29.5 Å². The average molecular weight is 280 g/mol. The van der Waals surface area contributed by atoms with E-state index in [4.69, 9.17) is 0 Å². The standard InChI is InChI=1S/C10H17IO/c1-2-3-4-5-6-7-8-10(11)9-12/h8-9H,2-7H2,1H3/b10-8+. The van der Waals surface area contributed by atoms with Crippen molar-refractivity contribution in [3.05, 3.63) is 9.66 Å². The summed E-state index contributed by atoms with van der Waals surface area (Å²) in [6.45, 7) is 2.22. The van der Waals surface area contributed by atoms with Crippen molar-refractivity contribution in [2.45, 2.75) is 45.4 Å². The Labute approximate surface area is 88.8 Å². The average Bonchev–Trinajstić information content (AvgIpc) is 2.10. The highest BCUT2D eigenvalue weighted by Gasteiger charge is 1.88. The summed E-state index contributed by atoms with van der Waals surface area (Å²) in [6, 6.07) is 0. The summed E-state index contributed by atoms with van der Waals surface area (Å²) in [6.07, 6.45) is 10.5. The molecule has 0 bridgehead atoms. The normalized spacial score (nSPS) is 11.7. The minimum atomic E-state index is 0.836. The highest BCUT2D eigenvalue weighted by Crippen LogP contribution is 2.08. The van der Waals surface area contributed by atoms with Crippen molar-refractivity contribution in [1.82, 2.24) is 0 Å². The van der Waals surface area contributed by atoms with E-state index < -0.39 is 0 Å². The second-order valence-corrected chi connectivity index (χ2v) is 4.16. The first-order valence-electron chi connectivity index (χ1n) is 4.62. The van der Waals surface area contributed by atoms with Gasteiger partial charge in [0.2, 0.25) is 0 Å². The van der Waals surface area contributed by atoms with E-state index in [1.54, 1.807) is 0 Å². The molecule has 0 saturated carbocycles. The number of allylic oxidation sites excluding steroid dienone is 2. The second-order valence-electron chi connectivity index (χ2n) is 2.91. The van der Waals surface area contributed by atoms with Gasteiger partial charge in [0.1, 0.15) is 0 Å². The van der Waals surface area contributed by atoms with Crippen LogP contribution in [0, 0.1) is 0 Å². The largest absolute Gasteiger partial charge is 0.297 e. The highest BCUT2D eigenvalue weighted by atomic mass is 127. The fraction of sp³-hybridized carbons (Fsp3) is 0.700.